The Kier molecular flexibility index (Phi) is 8.15. The van der Waals surface area contributed by atoms with Gasteiger partial charge in [-0.1, -0.05) is 26.0 Å². The van der Waals surface area contributed by atoms with Crippen molar-refractivity contribution in [1.82, 2.24) is 4.98 Å². The van der Waals surface area contributed by atoms with Gasteiger partial charge < -0.3 is 15.8 Å². The molecule has 0 unspecified atom stereocenters. The van der Waals surface area contributed by atoms with Crippen LogP contribution in [0.5, 0.6) is 5.75 Å². The molecule has 0 saturated heterocycles. The minimum Gasteiger partial charge on any atom is -0.496 e. The second-order valence-corrected chi connectivity index (χ2v) is 6.15. The number of pyridine rings is 1. The van der Waals surface area contributed by atoms with Gasteiger partial charge in [-0.15, -0.1) is 24.0 Å². The molecule has 0 radical (unpaired) electrons. The van der Waals surface area contributed by atoms with Crippen molar-refractivity contribution in [3.63, 3.8) is 0 Å². The first-order valence-corrected chi connectivity index (χ1v) is 8.08. The van der Waals surface area contributed by atoms with Crippen molar-refractivity contribution in [2.24, 2.45) is 10.7 Å². The molecule has 0 aliphatic rings. The van der Waals surface area contributed by atoms with Gasteiger partial charge in [0.2, 0.25) is 0 Å². The van der Waals surface area contributed by atoms with Crippen molar-refractivity contribution in [1.29, 1.82) is 0 Å². The normalized spacial score (nSPS) is 11.2. The second-order valence-electron chi connectivity index (χ2n) is 6.15. The molecule has 0 saturated carbocycles. The van der Waals surface area contributed by atoms with Gasteiger partial charge in [0, 0.05) is 23.0 Å². The minimum absolute atomic E-state index is 0. The molecule has 0 spiro atoms. The number of guanidine groups is 1. The topological polar surface area (TPSA) is 72.5 Å². The SMILES string of the molecule is COc1c(C)cnc(CN=C(N)Nc2cccc(C(C)C)c2)c1C.I. The van der Waals surface area contributed by atoms with Crippen LogP contribution in [0.25, 0.3) is 0 Å². The molecule has 1 aromatic heterocycles. The summed E-state index contributed by atoms with van der Waals surface area (Å²) in [6, 6.07) is 8.19. The molecule has 0 amide bonds. The largest absolute Gasteiger partial charge is 0.496 e. The summed E-state index contributed by atoms with van der Waals surface area (Å²) in [5, 5.41) is 3.14. The van der Waals surface area contributed by atoms with Gasteiger partial charge in [-0.2, -0.15) is 0 Å². The highest BCUT2D eigenvalue weighted by Crippen LogP contribution is 2.24. The maximum absolute atomic E-state index is 6.01. The van der Waals surface area contributed by atoms with E-state index in [1.807, 2.05) is 26.0 Å². The third-order valence-electron chi connectivity index (χ3n) is 3.97. The van der Waals surface area contributed by atoms with Crippen LogP contribution in [0.3, 0.4) is 0 Å². The number of aryl methyl sites for hydroxylation is 1. The fourth-order valence-electron chi connectivity index (χ4n) is 2.55. The fraction of sp³-hybridized carbons (Fsp3) is 0.368. The summed E-state index contributed by atoms with van der Waals surface area (Å²) < 4.78 is 5.42. The average Bonchev–Trinajstić information content (AvgIpc) is 2.55. The Morgan fingerprint density at radius 1 is 1.32 bits per heavy atom. The number of nitrogens with two attached hydrogens (primary N) is 1. The number of nitrogens with zero attached hydrogens (tertiary/aromatic N) is 2. The molecule has 1 aromatic carbocycles. The Morgan fingerprint density at radius 3 is 2.68 bits per heavy atom. The Bertz CT molecular complexity index is 744. The number of aliphatic imine (C=N–C) groups is 1. The molecule has 3 N–H and O–H groups in total. The van der Waals surface area contributed by atoms with Crippen LogP contribution in [0, 0.1) is 13.8 Å². The molecule has 0 bridgehead atoms. The number of methoxy groups -OCH3 is 1. The number of hydrogen-bond acceptors (Lipinski definition) is 3. The van der Waals surface area contributed by atoms with E-state index in [2.05, 4.69) is 41.3 Å². The predicted molar refractivity (Wildman–Crippen MR) is 115 cm³/mol. The van der Waals surface area contributed by atoms with Crippen LogP contribution >= 0.6 is 24.0 Å². The van der Waals surface area contributed by atoms with Crippen LogP contribution in [0.1, 0.15) is 42.1 Å². The Morgan fingerprint density at radius 2 is 2.04 bits per heavy atom. The van der Waals surface area contributed by atoms with Crippen molar-refractivity contribution in [3.05, 3.63) is 52.8 Å². The maximum atomic E-state index is 6.01. The van der Waals surface area contributed by atoms with E-state index in [0.29, 0.717) is 18.4 Å². The molecule has 25 heavy (non-hydrogen) atoms. The summed E-state index contributed by atoms with van der Waals surface area (Å²) in [4.78, 5) is 8.83. The van der Waals surface area contributed by atoms with E-state index in [-0.39, 0.29) is 24.0 Å². The van der Waals surface area contributed by atoms with Crippen molar-refractivity contribution >= 4 is 35.6 Å². The summed E-state index contributed by atoms with van der Waals surface area (Å²) in [7, 11) is 1.67. The van der Waals surface area contributed by atoms with E-state index in [0.717, 1.165) is 28.3 Å². The summed E-state index contributed by atoms with van der Waals surface area (Å²) in [5.74, 6) is 1.69. The fourth-order valence-corrected chi connectivity index (χ4v) is 2.55. The number of ether oxygens (including phenoxy) is 1. The van der Waals surface area contributed by atoms with Gasteiger partial charge >= 0.3 is 0 Å². The van der Waals surface area contributed by atoms with Crippen molar-refractivity contribution in [2.75, 3.05) is 12.4 Å². The van der Waals surface area contributed by atoms with Gasteiger partial charge in [-0.05, 0) is 37.5 Å². The van der Waals surface area contributed by atoms with Crippen molar-refractivity contribution in [3.8, 4) is 5.75 Å². The average molecular weight is 454 g/mol. The predicted octanol–water partition coefficient (Wildman–Crippen LogP) is 4.38. The highest BCUT2D eigenvalue weighted by atomic mass is 127. The highest BCUT2D eigenvalue weighted by Gasteiger charge is 2.09. The van der Waals surface area contributed by atoms with Crippen LogP contribution in [0.2, 0.25) is 0 Å². The quantitative estimate of drug-likeness (QED) is 0.400. The molecule has 0 aliphatic carbocycles. The summed E-state index contributed by atoms with van der Waals surface area (Å²) in [6.45, 7) is 8.69. The Hall–Kier alpha value is -1.83. The van der Waals surface area contributed by atoms with E-state index in [9.17, 15) is 0 Å². The van der Waals surface area contributed by atoms with Crippen LogP contribution in [-0.2, 0) is 6.54 Å². The monoisotopic (exact) mass is 454 g/mol. The lowest BCUT2D eigenvalue weighted by atomic mass is 10.0. The van der Waals surface area contributed by atoms with Crippen molar-refractivity contribution < 1.29 is 4.74 Å². The number of hydrogen-bond donors (Lipinski definition) is 2. The molecular formula is C19H27IN4O. The first-order valence-electron chi connectivity index (χ1n) is 8.08. The van der Waals surface area contributed by atoms with E-state index in [4.69, 9.17) is 10.5 Å². The van der Waals surface area contributed by atoms with Crippen LogP contribution < -0.4 is 15.8 Å². The lowest BCUT2D eigenvalue weighted by Crippen LogP contribution is -2.22. The van der Waals surface area contributed by atoms with Gasteiger partial charge in [-0.3, -0.25) is 4.98 Å². The molecule has 0 aliphatic heterocycles. The van der Waals surface area contributed by atoms with Gasteiger partial charge in [-0.25, -0.2) is 4.99 Å². The molecule has 0 fully saturated rings. The zero-order valence-electron chi connectivity index (χ0n) is 15.5. The third-order valence-corrected chi connectivity index (χ3v) is 3.97. The van der Waals surface area contributed by atoms with E-state index >= 15 is 0 Å². The minimum atomic E-state index is 0. The van der Waals surface area contributed by atoms with Crippen LogP contribution in [0.15, 0.2) is 35.5 Å². The summed E-state index contributed by atoms with van der Waals surface area (Å²) >= 11 is 0. The third kappa shape index (κ3) is 5.59. The van der Waals surface area contributed by atoms with Gasteiger partial charge in [0.15, 0.2) is 5.96 Å². The smallest absolute Gasteiger partial charge is 0.193 e. The van der Waals surface area contributed by atoms with E-state index < -0.39 is 0 Å². The zero-order valence-corrected chi connectivity index (χ0v) is 17.8. The number of halogens is 1. The van der Waals surface area contributed by atoms with Gasteiger partial charge in [0.25, 0.3) is 0 Å². The van der Waals surface area contributed by atoms with E-state index in [1.54, 1.807) is 13.3 Å². The molecule has 5 nitrogen and oxygen atoms in total. The lowest BCUT2D eigenvalue weighted by molar-refractivity contribution is 0.407. The van der Waals surface area contributed by atoms with Gasteiger partial charge in [0.1, 0.15) is 5.75 Å². The van der Waals surface area contributed by atoms with E-state index in [1.165, 1.54) is 5.56 Å². The molecule has 136 valence electrons. The molecule has 6 heteroatoms. The molecule has 2 aromatic rings. The van der Waals surface area contributed by atoms with Crippen molar-refractivity contribution in [2.45, 2.75) is 40.2 Å². The number of rotatable bonds is 5. The van der Waals surface area contributed by atoms with Gasteiger partial charge in [0.05, 0.1) is 19.3 Å². The standard InChI is InChI=1S/C19H26N4O.HI/c1-12(2)15-7-6-8-16(9-15)23-19(20)22-11-17-14(4)18(24-5)13(3)10-21-17;/h6-10,12H,11H2,1-5H3,(H3,20,22,23);1H. The highest BCUT2D eigenvalue weighted by molar-refractivity contribution is 14.0. The van der Waals surface area contributed by atoms with Crippen LogP contribution in [0.4, 0.5) is 5.69 Å². The summed E-state index contributed by atoms with van der Waals surface area (Å²) in [5.41, 5.74) is 11.1. The molecule has 2 rings (SSSR count). The lowest BCUT2D eigenvalue weighted by Gasteiger charge is -2.12. The maximum Gasteiger partial charge on any atom is 0.193 e. The first-order chi connectivity index (χ1) is 11.4. The summed E-state index contributed by atoms with van der Waals surface area (Å²) in [6.07, 6.45) is 1.80. The number of aromatic nitrogens is 1. The first kappa shape index (κ1) is 21.2. The molecular weight excluding hydrogens is 427 g/mol. The zero-order chi connectivity index (χ0) is 17.7. The number of nitrogens with one attached hydrogen (secondary N) is 1. The number of benzene rings is 1. The van der Waals surface area contributed by atoms with Crippen LogP contribution in [-0.4, -0.2) is 18.1 Å². The number of anilines is 1. The molecule has 1 heterocycles. The molecule has 0 atom stereocenters. The second kappa shape index (κ2) is 9.60. The Balaban J connectivity index is 0.00000312. The Labute approximate surface area is 167 Å².